The maximum Gasteiger partial charge on any atom is 0.243 e. The number of amides is 2. The molecule has 0 saturated carbocycles. The van der Waals surface area contributed by atoms with Gasteiger partial charge in [0, 0.05) is 19.0 Å². The molecule has 0 aliphatic carbocycles. The van der Waals surface area contributed by atoms with Gasteiger partial charge in [-0.05, 0) is 44.4 Å². The van der Waals surface area contributed by atoms with Crippen LogP contribution < -0.4 is 5.32 Å². The summed E-state index contributed by atoms with van der Waals surface area (Å²) in [4.78, 5) is 28.8. The summed E-state index contributed by atoms with van der Waals surface area (Å²) in [5.41, 5.74) is 5.24. The summed E-state index contributed by atoms with van der Waals surface area (Å²) in [5, 5.41) is 3.04. The van der Waals surface area contributed by atoms with Crippen molar-refractivity contribution in [1.82, 2.24) is 10.2 Å². The molecule has 0 spiro atoms. The van der Waals surface area contributed by atoms with Gasteiger partial charge in [-0.1, -0.05) is 90.0 Å². The largest absolute Gasteiger partial charge is 0.352 e. The van der Waals surface area contributed by atoms with Gasteiger partial charge in [0.1, 0.15) is 6.04 Å². The maximum absolute atomic E-state index is 13.7. The Labute approximate surface area is 197 Å². The molecule has 33 heavy (non-hydrogen) atoms. The summed E-state index contributed by atoms with van der Waals surface area (Å²) < 4.78 is 0. The van der Waals surface area contributed by atoms with Crippen LogP contribution in [0.5, 0.6) is 0 Å². The molecule has 3 aromatic carbocycles. The van der Waals surface area contributed by atoms with Crippen LogP contribution in [0, 0.1) is 13.8 Å². The summed E-state index contributed by atoms with van der Waals surface area (Å²) >= 11 is 0. The highest BCUT2D eigenvalue weighted by Gasteiger charge is 2.30. The molecule has 0 fully saturated rings. The quantitative estimate of drug-likeness (QED) is 0.506. The number of aryl methyl sites for hydroxylation is 2. The van der Waals surface area contributed by atoms with Gasteiger partial charge >= 0.3 is 0 Å². The smallest absolute Gasteiger partial charge is 0.243 e. The van der Waals surface area contributed by atoms with Gasteiger partial charge in [0.05, 0.1) is 6.42 Å². The third-order valence-electron chi connectivity index (χ3n) is 5.58. The second kappa shape index (κ2) is 11.5. The topological polar surface area (TPSA) is 49.4 Å². The van der Waals surface area contributed by atoms with Crippen LogP contribution in [0.4, 0.5) is 0 Å². The summed E-state index contributed by atoms with van der Waals surface area (Å²) in [6.45, 7) is 8.32. The normalized spacial score (nSPS) is 11.8. The van der Waals surface area contributed by atoms with E-state index in [1.54, 1.807) is 4.90 Å². The van der Waals surface area contributed by atoms with E-state index < -0.39 is 6.04 Å². The lowest BCUT2D eigenvalue weighted by Crippen LogP contribution is -2.52. The van der Waals surface area contributed by atoms with E-state index in [-0.39, 0.29) is 24.3 Å². The average Bonchev–Trinajstić information content (AvgIpc) is 2.76. The molecule has 172 valence electrons. The summed E-state index contributed by atoms with van der Waals surface area (Å²) in [6, 6.07) is 25.4. The van der Waals surface area contributed by atoms with Crippen molar-refractivity contribution in [3.8, 4) is 0 Å². The summed E-state index contributed by atoms with van der Waals surface area (Å²) in [6.07, 6.45) is 0.721. The molecule has 0 heterocycles. The molecule has 4 heteroatoms. The van der Waals surface area contributed by atoms with Crippen molar-refractivity contribution in [3.05, 3.63) is 107 Å². The first kappa shape index (κ1) is 24.2. The molecule has 4 nitrogen and oxygen atoms in total. The first-order valence-electron chi connectivity index (χ1n) is 11.6. The Morgan fingerprint density at radius 2 is 1.36 bits per heavy atom. The minimum absolute atomic E-state index is 0.0107. The number of rotatable bonds is 9. The first-order chi connectivity index (χ1) is 15.8. The predicted octanol–water partition coefficient (Wildman–Crippen LogP) is 5.01. The van der Waals surface area contributed by atoms with Crippen molar-refractivity contribution in [2.24, 2.45) is 0 Å². The predicted molar refractivity (Wildman–Crippen MR) is 134 cm³/mol. The molecule has 0 unspecified atom stereocenters. The SMILES string of the molecule is Cc1cccc(CC(=O)N(Cc2cccc(C)c2)[C@H](Cc2ccccc2)C(=O)NC(C)C)c1. The highest BCUT2D eigenvalue weighted by Crippen LogP contribution is 2.18. The molecule has 0 radical (unpaired) electrons. The third kappa shape index (κ3) is 7.31. The van der Waals surface area contributed by atoms with Crippen molar-refractivity contribution in [2.45, 2.75) is 59.2 Å². The van der Waals surface area contributed by atoms with Crippen molar-refractivity contribution >= 4 is 11.8 Å². The molecule has 1 N–H and O–H groups in total. The molecular formula is C29H34N2O2. The van der Waals surface area contributed by atoms with Gasteiger partial charge in [0.2, 0.25) is 11.8 Å². The lowest BCUT2D eigenvalue weighted by molar-refractivity contribution is -0.141. The minimum Gasteiger partial charge on any atom is -0.352 e. The van der Waals surface area contributed by atoms with Crippen LogP contribution in [0.3, 0.4) is 0 Å². The molecule has 0 bridgehead atoms. The Hall–Kier alpha value is -3.40. The Bertz CT molecular complexity index is 1080. The van der Waals surface area contributed by atoms with E-state index in [4.69, 9.17) is 0 Å². The van der Waals surface area contributed by atoms with E-state index in [1.807, 2.05) is 100 Å². The molecule has 3 rings (SSSR count). The maximum atomic E-state index is 13.7. The molecule has 3 aromatic rings. The van der Waals surface area contributed by atoms with Gasteiger partial charge in [-0.2, -0.15) is 0 Å². The zero-order chi connectivity index (χ0) is 23.8. The van der Waals surface area contributed by atoms with Gasteiger partial charge in [-0.15, -0.1) is 0 Å². The van der Waals surface area contributed by atoms with Crippen LogP contribution in [0.2, 0.25) is 0 Å². The number of carbonyl (C=O) groups is 2. The molecular weight excluding hydrogens is 408 g/mol. The molecule has 0 aliphatic heterocycles. The third-order valence-corrected chi connectivity index (χ3v) is 5.58. The minimum atomic E-state index is -0.604. The fourth-order valence-electron chi connectivity index (χ4n) is 4.04. The Morgan fingerprint density at radius 1 is 0.788 bits per heavy atom. The van der Waals surface area contributed by atoms with Gasteiger partial charge in [0.25, 0.3) is 0 Å². The van der Waals surface area contributed by atoms with E-state index >= 15 is 0 Å². The van der Waals surface area contributed by atoms with E-state index in [1.165, 1.54) is 0 Å². The molecule has 0 saturated heterocycles. The van der Waals surface area contributed by atoms with Crippen LogP contribution in [0.15, 0.2) is 78.9 Å². The highest BCUT2D eigenvalue weighted by molar-refractivity contribution is 5.89. The Morgan fingerprint density at radius 3 is 1.97 bits per heavy atom. The van der Waals surface area contributed by atoms with Crippen molar-refractivity contribution < 1.29 is 9.59 Å². The molecule has 1 atom stereocenters. The molecule has 0 aliphatic rings. The number of carbonyl (C=O) groups excluding carboxylic acids is 2. The fourth-order valence-corrected chi connectivity index (χ4v) is 4.04. The lowest BCUT2D eigenvalue weighted by Gasteiger charge is -2.32. The molecule has 0 aromatic heterocycles. The zero-order valence-corrected chi connectivity index (χ0v) is 20.0. The van der Waals surface area contributed by atoms with Gasteiger partial charge in [-0.25, -0.2) is 0 Å². The van der Waals surface area contributed by atoms with Crippen LogP contribution in [0.25, 0.3) is 0 Å². The van der Waals surface area contributed by atoms with Crippen LogP contribution in [-0.2, 0) is 29.0 Å². The van der Waals surface area contributed by atoms with Gasteiger partial charge in [-0.3, -0.25) is 9.59 Å². The monoisotopic (exact) mass is 442 g/mol. The lowest BCUT2D eigenvalue weighted by atomic mass is 10.0. The number of benzene rings is 3. The number of hydrogen-bond donors (Lipinski definition) is 1. The molecule has 2 amide bonds. The number of nitrogens with zero attached hydrogens (tertiary/aromatic N) is 1. The number of hydrogen-bond acceptors (Lipinski definition) is 2. The van der Waals surface area contributed by atoms with Crippen molar-refractivity contribution in [1.29, 1.82) is 0 Å². The average molecular weight is 443 g/mol. The first-order valence-corrected chi connectivity index (χ1v) is 11.6. The Balaban J connectivity index is 1.97. The van der Waals surface area contributed by atoms with Gasteiger partial charge < -0.3 is 10.2 Å². The van der Waals surface area contributed by atoms with Gasteiger partial charge in [0.15, 0.2) is 0 Å². The van der Waals surface area contributed by atoms with Crippen LogP contribution >= 0.6 is 0 Å². The van der Waals surface area contributed by atoms with E-state index in [0.29, 0.717) is 13.0 Å². The van der Waals surface area contributed by atoms with E-state index in [0.717, 1.165) is 27.8 Å². The Kier molecular flexibility index (Phi) is 8.42. The highest BCUT2D eigenvalue weighted by atomic mass is 16.2. The standard InChI is InChI=1S/C29H34N2O2/c1-21(2)30-29(33)27(18-24-12-6-5-7-13-24)31(20-26-15-9-11-23(4)17-26)28(32)19-25-14-8-10-22(3)16-25/h5-17,21,27H,18-20H2,1-4H3,(H,30,33)/t27-/m1/s1. The van der Waals surface area contributed by atoms with Crippen LogP contribution in [0.1, 0.15) is 41.7 Å². The second-order valence-electron chi connectivity index (χ2n) is 9.05. The van der Waals surface area contributed by atoms with E-state index in [2.05, 4.69) is 11.4 Å². The summed E-state index contributed by atoms with van der Waals surface area (Å²) in [7, 11) is 0. The van der Waals surface area contributed by atoms with Crippen molar-refractivity contribution in [2.75, 3.05) is 0 Å². The van der Waals surface area contributed by atoms with Crippen molar-refractivity contribution in [3.63, 3.8) is 0 Å². The zero-order valence-electron chi connectivity index (χ0n) is 20.0. The number of nitrogens with one attached hydrogen (secondary N) is 1. The van der Waals surface area contributed by atoms with E-state index in [9.17, 15) is 9.59 Å². The fraction of sp³-hybridized carbons (Fsp3) is 0.310. The van der Waals surface area contributed by atoms with Crippen LogP contribution in [-0.4, -0.2) is 28.8 Å². The summed E-state index contributed by atoms with van der Waals surface area (Å²) in [5.74, 6) is -0.180. The second-order valence-corrected chi connectivity index (χ2v) is 9.05.